The number of amides is 1. The molecular weight excluding hydrogens is 342 g/mol. The van der Waals surface area contributed by atoms with E-state index in [1.807, 2.05) is 48.1 Å². The third-order valence-corrected chi connectivity index (χ3v) is 4.77. The molecule has 0 saturated heterocycles. The fourth-order valence-corrected chi connectivity index (χ4v) is 3.14. The van der Waals surface area contributed by atoms with Crippen LogP contribution in [0.3, 0.4) is 0 Å². The quantitative estimate of drug-likeness (QED) is 0.685. The highest BCUT2D eigenvalue weighted by molar-refractivity contribution is 7.99. The predicted molar refractivity (Wildman–Crippen MR) is 99.4 cm³/mol. The Kier molecular flexibility index (Phi) is 5.23. The molecule has 0 aliphatic rings. The fraction of sp³-hybridized carbons (Fsp3) is 0.111. The van der Waals surface area contributed by atoms with Gasteiger partial charge >= 0.3 is 0 Å². The molecule has 0 bridgehead atoms. The summed E-state index contributed by atoms with van der Waals surface area (Å²) in [5.74, 6) is 0.216. The van der Waals surface area contributed by atoms with Crippen molar-refractivity contribution in [3.63, 3.8) is 0 Å². The highest BCUT2D eigenvalue weighted by Gasteiger charge is 2.11. The SMILES string of the molecule is Cn1c(-c2ccccc2)cnc1SCC(=O)Nc1ccc(Cl)cc1. The van der Waals surface area contributed by atoms with Crippen molar-refractivity contribution >= 4 is 35.0 Å². The normalized spacial score (nSPS) is 10.6. The number of carbonyl (C=O) groups excluding carboxylic acids is 1. The number of anilines is 1. The molecule has 0 aliphatic heterocycles. The molecule has 1 amide bonds. The number of nitrogens with zero attached hydrogens (tertiary/aromatic N) is 2. The Hall–Kier alpha value is -2.24. The first-order chi connectivity index (χ1) is 11.6. The van der Waals surface area contributed by atoms with Gasteiger partial charge in [0.15, 0.2) is 5.16 Å². The van der Waals surface area contributed by atoms with Gasteiger partial charge in [-0.05, 0) is 29.8 Å². The van der Waals surface area contributed by atoms with E-state index in [1.165, 1.54) is 11.8 Å². The van der Waals surface area contributed by atoms with Crippen molar-refractivity contribution in [1.82, 2.24) is 9.55 Å². The highest BCUT2D eigenvalue weighted by atomic mass is 35.5. The summed E-state index contributed by atoms with van der Waals surface area (Å²) in [6, 6.07) is 17.1. The molecule has 0 atom stereocenters. The smallest absolute Gasteiger partial charge is 0.234 e. The summed E-state index contributed by atoms with van der Waals surface area (Å²) >= 11 is 7.24. The zero-order valence-electron chi connectivity index (χ0n) is 13.1. The molecule has 0 aliphatic carbocycles. The van der Waals surface area contributed by atoms with Crippen LogP contribution >= 0.6 is 23.4 Å². The topological polar surface area (TPSA) is 46.9 Å². The maximum atomic E-state index is 12.1. The Labute approximate surface area is 149 Å². The zero-order valence-corrected chi connectivity index (χ0v) is 14.6. The summed E-state index contributed by atoms with van der Waals surface area (Å²) in [4.78, 5) is 16.5. The van der Waals surface area contributed by atoms with Gasteiger partial charge in [-0.3, -0.25) is 4.79 Å². The van der Waals surface area contributed by atoms with Gasteiger partial charge in [0.25, 0.3) is 0 Å². The lowest BCUT2D eigenvalue weighted by molar-refractivity contribution is -0.113. The van der Waals surface area contributed by atoms with Crippen LogP contribution in [0.5, 0.6) is 0 Å². The van der Waals surface area contributed by atoms with Crippen LogP contribution in [0.4, 0.5) is 5.69 Å². The second-order valence-corrected chi connectivity index (χ2v) is 6.57. The third kappa shape index (κ3) is 3.99. The minimum absolute atomic E-state index is 0.0772. The average molecular weight is 358 g/mol. The van der Waals surface area contributed by atoms with Crippen LogP contribution in [0.15, 0.2) is 66.0 Å². The largest absolute Gasteiger partial charge is 0.325 e. The molecule has 1 N–H and O–H groups in total. The number of halogens is 1. The number of aromatic nitrogens is 2. The van der Waals surface area contributed by atoms with Crippen LogP contribution in [0.1, 0.15) is 0 Å². The zero-order chi connectivity index (χ0) is 16.9. The molecule has 6 heteroatoms. The Balaban J connectivity index is 1.62. The average Bonchev–Trinajstić information content (AvgIpc) is 2.97. The van der Waals surface area contributed by atoms with Crippen LogP contribution in [0.2, 0.25) is 5.02 Å². The first kappa shape index (κ1) is 16.6. The van der Waals surface area contributed by atoms with Crippen molar-refractivity contribution in [3.8, 4) is 11.3 Å². The van der Waals surface area contributed by atoms with Crippen molar-refractivity contribution in [2.45, 2.75) is 5.16 Å². The van der Waals surface area contributed by atoms with Gasteiger partial charge in [-0.15, -0.1) is 0 Å². The molecule has 0 unspecified atom stereocenters. The number of thioether (sulfide) groups is 1. The molecule has 3 aromatic rings. The van der Waals surface area contributed by atoms with Crippen molar-refractivity contribution in [2.24, 2.45) is 7.05 Å². The van der Waals surface area contributed by atoms with Crippen molar-refractivity contribution in [2.75, 3.05) is 11.1 Å². The third-order valence-electron chi connectivity index (χ3n) is 3.48. The molecule has 1 aromatic heterocycles. The molecule has 1 heterocycles. The number of carbonyl (C=O) groups is 1. The Morgan fingerprint density at radius 2 is 1.88 bits per heavy atom. The summed E-state index contributed by atoms with van der Waals surface area (Å²) in [5.41, 5.74) is 2.86. The second kappa shape index (κ2) is 7.55. The van der Waals surface area contributed by atoms with E-state index in [2.05, 4.69) is 10.3 Å². The first-order valence-electron chi connectivity index (χ1n) is 7.39. The molecule has 0 saturated carbocycles. The van der Waals surface area contributed by atoms with Crippen molar-refractivity contribution in [3.05, 3.63) is 65.8 Å². The van der Waals surface area contributed by atoms with Crippen molar-refractivity contribution in [1.29, 1.82) is 0 Å². The molecule has 0 radical (unpaired) electrons. The Morgan fingerprint density at radius 1 is 1.17 bits per heavy atom. The molecule has 0 fully saturated rings. The molecule has 2 aromatic carbocycles. The minimum atomic E-state index is -0.0772. The van der Waals surface area contributed by atoms with Crippen LogP contribution in [0, 0.1) is 0 Å². The van der Waals surface area contributed by atoms with Crippen molar-refractivity contribution < 1.29 is 4.79 Å². The van der Waals surface area contributed by atoms with Gasteiger partial charge in [0.05, 0.1) is 17.6 Å². The van der Waals surface area contributed by atoms with Gasteiger partial charge in [-0.1, -0.05) is 53.7 Å². The lowest BCUT2D eigenvalue weighted by atomic mass is 10.2. The van der Waals surface area contributed by atoms with Crippen LogP contribution in [0.25, 0.3) is 11.3 Å². The van der Waals surface area contributed by atoms with E-state index in [0.717, 1.165) is 22.1 Å². The van der Waals surface area contributed by atoms with Crippen LogP contribution in [-0.2, 0) is 11.8 Å². The Morgan fingerprint density at radius 3 is 2.58 bits per heavy atom. The van der Waals surface area contributed by atoms with Crippen LogP contribution in [-0.4, -0.2) is 21.2 Å². The monoisotopic (exact) mass is 357 g/mol. The van der Waals surface area contributed by atoms with E-state index in [-0.39, 0.29) is 5.91 Å². The first-order valence-corrected chi connectivity index (χ1v) is 8.75. The lowest BCUT2D eigenvalue weighted by Gasteiger charge is -2.07. The lowest BCUT2D eigenvalue weighted by Crippen LogP contribution is -2.14. The number of hydrogen-bond donors (Lipinski definition) is 1. The molecule has 3 rings (SSSR count). The van der Waals surface area contributed by atoms with E-state index >= 15 is 0 Å². The summed E-state index contributed by atoms with van der Waals surface area (Å²) in [6.07, 6.45) is 1.83. The minimum Gasteiger partial charge on any atom is -0.325 e. The van der Waals surface area contributed by atoms with Crippen LogP contribution < -0.4 is 5.32 Å². The summed E-state index contributed by atoms with van der Waals surface area (Å²) in [7, 11) is 1.95. The maximum Gasteiger partial charge on any atom is 0.234 e. The molecule has 0 spiro atoms. The summed E-state index contributed by atoms with van der Waals surface area (Å²) < 4.78 is 2.00. The maximum absolute atomic E-state index is 12.1. The van der Waals surface area contributed by atoms with Gasteiger partial charge in [-0.2, -0.15) is 0 Å². The number of benzene rings is 2. The molecule has 24 heavy (non-hydrogen) atoms. The second-order valence-electron chi connectivity index (χ2n) is 5.19. The molecule has 122 valence electrons. The standard InChI is InChI=1S/C18H16ClN3OS/c1-22-16(13-5-3-2-4-6-13)11-20-18(22)24-12-17(23)21-15-9-7-14(19)8-10-15/h2-11H,12H2,1H3,(H,21,23). The Bertz CT molecular complexity index is 831. The van der Waals surface area contributed by atoms with Gasteiger partial charge in [0, 0.05) is 17.8 Å². The summed E-state index contributed by atoms with van der Waals surface area (Å²) in [5, 5.41) is 4.29. The van der Waals surface area contributed by atoms with E-state index in [0.29, 0.717) is 10.8 Å². The van der Waals surface area contributed by atoms with Gasteiger partial charge in [-0.25, -0.2) is 4.98 Å². The highest BCUT2D eigenvalue weighted by Crippen LogP contribution is 2.24. The molecule has 4 nitrogen and oxygen atoms in total. The number of nitrogens with one attached hydrogen (secondary N) is 1. The van der Waals surface area contributed by atoms with Gasteiger partial charge < -0.3 is 9.88 Å². The van der Waals surface area contributed by atoms with E-state index < -0.39 is 0 Å². The van der Waals surface area contributed by atoms with Gasteiger partial charge in [0.1, 0.15) is 0 Å². The number of imidazole rings is 1. The predicted octanol–water partition coefficient (Wildman–Crippen LogP) is 4.47. The molecular formula is C18H16ClN3OS. The van der Waals surface area contributed by atoms with E-state index in [1.54, 1.807) is 24.3 Å². The van der Waals surface area contributed by atoms with Gasteiger partial charge in [0.2, 0.25) is 5.91 Å². The summed E-state index contributed by atoms with van der Waals surface area (Å²) in [6.45, 7) is 0. The van der Waals surface area contributed by atoms with E-state index in [4.69, 9.17) is 11.6 Å². The number of hydrogen-bond acceptors (Lipinski definition) is 3. The fourth-order valence-electron chi connectivity index (χ4n) is 2.26. The van der Waals surface area contributed by atoms with E-state index in [9.17, 15) is 4.79 Å². The number of rotatable bonds is 5.